The van der Waals surface area contributed by atoms with Crippen LogP contribution in [0.1, 0.15) is 17.9 Å². The molecular formula is C12H17Cl2NO2S. The van der Waals surface area contributed by atoms with Gasteiger partial charge in [-0.15, -0.1) is 0 Å². The molecule has 1 rings (SSSR count). The SMILES string of the molecule is CNC[C@@H](CCS(C)(=O)=O)c1ccc(Cl)c(Cl)c1. The number of hydrogen-bond acceptors (Lipinski definition) is 3. The molecule has 18 heavy (non-hydrogen) atoms. The highest BCUT2D eigenvalue weighted by Crippen LogP contribution is 2.28. The van der Waals surface area contributed by atoms with Gasteiger partial charge in [0, 0.05) is 12.8 Å². The van der Waals surface area contributed by atoms with E-state index in [0.717, 1.165) is 5.56 Å². The summed E-state index contributed by atoms with van der Waals surface area (Å²) in [5, 5.41) is 4.07. The number of halogens is 2. The fraction of sp³-hybridized carbons (Fsp3) is 0.500. The monoisotopic (exact) mass is 309 g/mol. The number of likely N-dealkylation sites (N-methyl/N-ethyl adjacent to an activating group) is 1. The second kappa shape index (κ2) is 6.75. The van der Waals surface area contributed by atoms with Gasteiger partial charge in [0.15, 0.2) is 0 Å². The molecule has 0 aliphatic rings. The zero-order valence-electron chi connectivity index (χ0n) is 10.4. The van der Waals surface area contributed by atoms with Gasteiger partial charge in [-0.3, -0.25) is 0 Å². The number of sulfone groups is 1. The first kappa shape index (κ1) is 15.8. The van der Waals surface area contributed by atoms with Crippen LogP contribution in [0.2, 0.25) is 10.0 Å². The maximum absolute atomic E-state index is 11.2. The average Bonchev–Trinajstić information content (AvgIpc) is 2.27. The Morgan fingerprint density at radius 2 is 1.94 bits per heavy atom. The molecule has 0 aromatic heterocycles. The largest absolute Gasteiger partial charge is 0.319 e. The van der Waals surface area contributed by atoms with E-state index in [9.17, 15) is 8.42 Å². The lowest BCUT2D eigenvalue weighted by atomic mass is 9.96. The third-order valence-electron chi connectivity index (χ3n) is 2.70. The van der Waals surface area contributed by atoms with Crippen molar-refractivity contribution in [1.29, 1.82) is 0 Å². The van der Waals surface area contributed by atoms with Crippen LogP contribution in [0.3, 0.4) is 0 Å². The van der Waals surface area contributed by atoms with E-state index in [0.29, 0.717) is 23.0 Å². The van der Waals surface area contributed by atoms with E-state index >= 15 is 0 Å². The Hall–Kier alpha value is -0.290. The smallest absolute Gasteiger partial charge is 0.147 e. The van der Waals surface area contributed by atoms with Crippen LogP contribution < -0.4 is 5.32 Å². The molecule has 0 aliphatic carbocycles. The zero-order chi connectivity index (χ0) is 13.8. The van der Waals surface area contributed by atoms with Gasteiger partial charge in [-0.1, -0.05) is 29.3 Å². The van der Waals surface area contributed by atoms with Gasteiger partial charge in [0.05, 0.1) is 15.8 Å². The van der Waals surface area contributed by atoms with Crippen LogP contribution in [-0.4, -0.2) is 34.0 Å². The summed E-state index contributed by atoms with van der Waals surface area (Å²) < 4.78 is 22.4. The quantitative estimate of drug-likeness (QED) is 0.879. The third kappa shape index (κ3) is 5.14. The summed E-state index contributed by atoms with van der Waals surface area (Å²) >= 11 is 11.8. The van der Waals surface area contributed by atoms with Crippen LogP contribution in [-0.2, 0) is 9.84 Å². The van der Waals surface area contributed by atoms with Crippen molar-refractivity contribution in [2.45, 2.75) is 12.3 Å². The van der Waals surface area contributed by atoms with Gasteiger partial charge in [0.25, 0.3) is 0 Å². The van der Waals surface area contributed by atoms with Crippen molar-refractivity contribution in [2.75, 3.05) is 25.6 Å². The topological polar surface area (TPSA) is 46.2 Å². The van der Waals surface area contributed by atoms with E-state index in [1.54, 1.807) is 12.1 Å². The second-order valence-corrected chi connectivity index (χ2v) is 7.42. The molecule has 0 saturated heterocycles. The Bertz CT molecular complexity index is 503. The molecular weight excluding hydrogens is 293 g/mol. The van der Waals surface area contributed by atoms with Crippen molar-refractivity contribution >= 4 is 33.0 Å². The van der Waals surface area contributed by atoms with Crippen molar-refractivity contribution in [1.82, 2.24) is 5.32 Å². The highest BCUT2D eigenvalue weighted by Gasteiger charge is 2.15. The molecule has 0 spiro atoms. The molecule has 1 aromatic rings. The summed E-state index contributed by atoms with van der Waals surface area (Å²) in [7, 11) is -1.11. The van der Waals surface area contributed by atoms with Crippen molar-refractivity contribution in [3.05, 3.63) is 33.8 Å². The van der Waals surface area contributed by atoms with Crippen LogP contribution in [0, 0.1) is 0 Å². The van der Waals surface area contributed by atoms with Gasteiger partial charge in [-0.2, -0.15) is 0 Å². The number of rotatable bonds is 6. The summed E-state index contributed by atoms with van der Waals surface area (Å²) in [6, 6.07) is 5.43. The molecule has 0 saturated carbocycles. The van der Waals surface area contributed by atoms with Crippen LogP contribution >= 0.6 is 23.2 Å². The first-order valence-electron chi connectivity index (χ1n) is 5.60. The third-order valence-corrected chi connectivity index (χ3v) is 4.42. The normalized spacial score (nSPS) is 13.6. The number of hydrogen-bond donors (Lipinski definition) is 1. The van der Waals surface area contributed by atoms with Gasteiger partial charge in [0.2, 0.25) is 0 Å². The second-order valence-electron chi connectivity index (χ2n) is 4.35. The zero-order valence-corrected chi connectivity index (χ0v) is 12.7. The molecule has 1 atom stereocenters. The minimum absolute atomic E-state index is 0.111. The van der Waals surface area contributed by atoms with Gasteiger partial charge in [-0.05, 0) is 37.1 Å². The standard InChI is InChI=1S/C12H17Cl2NO2S/c1-15-8-10(5-6-18(2,16)17)9-3-4-11(13)12(14)7-9/h3-4,7,10,15H,5-6,8H2,1-2H3/t10-/m1/s1. The number of benzene rings is 1. The summed E-state index contributed by atoms with van der Waals surface area (Å²) in [5.41, 5.74) is 1.00. The van der Waals surface area contributed by atoms with Crippen LogP contribution in [0.4, 0.5) is 0 Å². The van der Waals surface area contributed by atoms with Crippen LogP contribution in [0.25, 0.3) is 0 Å². The van der Waals surface area contributed by atoms with E-state index < -0.39 is 9.84 Å². The predicted molar refractivity (Wildman–Crippen MR) is 77.5 cm³/mol. The van der Waals surface area contributed by atoms with E-state index in [4.69, 9.17) is 23.2 Å². The highest BCUT2D eigenvalue weighted by atomic mass is 35.5. The Balaban J connectivity index is 2.86. The van der Waals surface area contributed by atoms with Crippen molar-refractivity contribution in [3.8, 4) is 0 Å². The van der Waals surface area contributed by atoms with E-state index in [1.165, 1.54) is 6.26 Å². The molecule has 0 amide bonds. The molecule has 0 heterocycles. The molecule has 3 nitrogen and oxygen atoms in total. The molecule has 1 N–H and O–H groups in total. The van der Waals surface area contributed by atoms with Gasteiger partial charge < -0.3 is 5.32 Å². The first-order chi connectivity index (χ1) is 8.33. The molecule has 0 fully saturated rings. The van der Waals surface area contributed by atoms with E-state index in [2.05, 4.69) is 5.32 Å². The minimum atomic E-state index is -2.95. The molecule has 0 radical (unpaired) electrons. The molecule has 0 unspecified atom stereocenters. The van der Waals surface area contributed by atoms with Gasteiger partial charge in [0.1, 0.15) is 9.84 Å². The van der Waals surface area contributed by atoms with Gasteiger partial charge >= 0.3 is 0 Å². The Morgan fingerprint density at radius 1 is 1.28 bits per heavy atom. The highest BCUT2D eigenvalue weighted by molar-refractivity contribution is 7.90. The predicted octanol–water partition coefficient (Wildman–Crippen LogP) is 2.73. The summed E-state index contributed by atoms with van der Waals surface area (Å²) in [5.74, 6) is 0.277. The lowest BCUT2D eigenvalue weighted by Gasteiger charge is -2.17. The fourth-order valence-electron chi connectivity index (χ4n) is 1.76. The summed E-state index contributed by atoms with van der Waals surface area (Å²) in [6.45, 7) is 0.702. The molecule has 0 aliphatic heterocycles. The maximum atomic E-state index is 11.2. The average molecular weight is 310 g/mol. The Kier molecular flexibility index (Phi) is 5.92. The molecule has 1 aromatic carbocycles. The fourth-order valence-corrected chi connectivity index (χ4v) is 2.77. The lowest BCUT2D eigenvalue weighted by molar-refractivity contribution is 0.578. The Labute approximate surface area is 118 Å². The first-order valence-corrected chi connectivity index (χ1v) is 8.42. The van der Waals surface area contributed by atoms with Crippen molar-refractivity contribution < 1.29 is 8.42 Å². The van der Waals surface area contributed by atoms with Crippen LogP contribution in [0.5, 0.6) is 0 Å². The van der Waals surface area contributed by atoms with E-state index in [1.807, 2.05) is 13.1 Å². The summed E-state index contributed by atoms with van der Waals surface area (Å²) in [6.07, 6.45) is 1.82. The maximum Gasteiger partial charge on any atom is 0.147 e. The summed E-state index contributed by atoms with van der Waals surface area (Å²) in [4.78, 5) is 0. The van der Waals surface area contributed by atoms with Gasteiger partial charge in [-0.25, -0.2) is 8.42 Å². The molecule has 0 bridgehead atoms. The van der Waals surface area contributed by atoms with Crippen molar-refractivity contribution in [2.24, 2.45) is 0 Å². The lowest BCUT2D eigenvalue weighted by Crippen LogP contribution is -2.20. The van der Waals surface area contributed by atoms with E-state index in [-0.39, 0.29) is 11.7 Å². The molecule has 6 heteroatoms. The number of nitrogens with one attached hydrogen (secondary N) is 1. The van der Waals surface area contributed by atoms with Crippen LogP contribution in [0.15, 0.2) is 18.2 Å². The van der Waals surface area contributed by atoms with Crippen molar-refractivity contribution in [3.63, 3.8) is 0 Å². The minimum Gasteiger partial charge on any atom is -0.319 e. The Morgan fingerprint density at radius 3 is 2.44 bits per heavy atom. The molecule has 102 valence electrons.